The van der Waals surface area contributed by atoms with Gasteiger partial charge in [-0.15, -0.1) is 0 Å². The molecule has 2 aliphatic heterocycles. The standard InChI is InChI=1S/C26H24FN3O3S2/c27-22-13-6-7-14-24(22)35(32,33)30-18-20-10-5-4-9-19(20)17-23(30)25(31)29-15-8-16-34-26(29)28-21-11-2-1-3-12-21/h1-7,9-14,23H,8,15-18H2. The summed E-state index contributed by atoms with van der Waals surface area (Å²) in [5.41, 5.74) is 2.44. The summed E-state index contributed by atoms with van der Waals surface area (Å²) in [7, 11) is -4.28. The van der Waals surface area contributed by atoms with Crippen LogP contribution in [0.1, 0.15) is 17.5 Å². The number of sulfonamides is 1. The van der Waals surface area contributed by atoms with Gasteiger partial charge in [0.05, 0.1) is 5.69 Å². The van der Waals surface area contributed by atoms with Gasteiger partial charge in [0.2, 0.25) is 15.9 Å². The Balaban J connectivity index is 1.55. The van der Waals surface area contributed by atoms with Crippen LogP contribution in [0.5, 0.6) is 0 Å². The van der Waals surface area contributed by atoms with E-state index in [0.717, 1.165) is 39.4 Å². The van der Waals surface area contributed by atoms with Crippen molar-refractivity contribution in [3.05, 3.63) is 95.8 Å². The summed E-state index contributed by atoms with van der Waals surface area (Å²) in [6.07, 6.45) is 0.982. The number of fused-ring (bicyclic) bond motifs is 1. The smallest absolute Gasteiger partial charge is 0.247 e. The fourth-order valence-corrected chi connectivity index (χ4v) is 6.98. The quantitative estimate of drug-likeness (QED) is 0.516. The lowest BCUT2D eigenvalue weighted by Gasteiger charge is -2.38. The molecule has 180 valence electrons. The molecule has 3 aromatic rings. The minimum Gasteiger partial charge on any atom is -0.290 e. The van der Waals surface area contributed by atoms with Crippen molar-refractivity contribution < 1.29 is 17.6 Å². The molecular weight excluding hydrogens is 485 g/mol. The molecule has 1 atom stereocenters. The molecule has 6 nitrogen and oxygen atoms in total. The topological polar surface area (TPSA) is 70.1 Å². The van der Waals surface area contributed by atoms with Crippen LogP contribution >= 0.6 is 11.8 Å². The highest BCUT2D eigenvalue weighted by Gasteiger charge is 2.43. The minimum atomic E-state index is -4.28. The van der Waals surface area contributed by atoms with Gasteiger partial charge in [-0.2, -0.15) is 4.31 Å². The Labute approximate surface area is 208 Å². The maximum Gasteiger partial charge on any atom is 0.247 e. The molecule has 5 rings (SSSR count). The molecule has 0 saturated carbocycles. The fourth-order valence-electron chi connectivity index (χ4n) is 4.39. The Kier molecular flexibility index (Phi) is 6.73. The number of halogens is 1. The molecule has 9 heteroatoms. The van der Waals surface area contributed by atoms with Gasteiger partial charge in [0.1, 0.15) is 16.8 Å². The maximum absolute atomic E-state index is 14.6. The fraction of sp³-hybridized carbons (Fsp3) is 0.231. The molecule has 0 aliphatic carbocycles. The number of para-hydroxylation sites is 1. The van der Waals surface area contributed by atoms with E-state index < -0.39 is 26.8 Å². The SMILES string of the molecule is O=C(C1Cc2ccccc2CN1S(=O)(=O)c1ccccc1F)N1CCCSC1=Nc1ccccc1. The van der Waals surface area contributed by atoms with Gasteiger partial charge >= 0.3 is 0 Å². The molecule has 0 aromatic heterocycles. The number of thioether (sulfide) groups is 1. The number of aliphatic imine (C=N–C) groups is 1. The molecule has 1 amide bonds. The Morgan fingerprint density at radius 1 is 0.943 bits per heavy atom. The zero-order valence-electron chi connectivity index (χ0n) is 18.9. The van der Waals surface area contributed by atoms with E-state index >= 15 is 0 Å². The highest BCUT2D eigenvalue weighted by atomic mass is 32.2. The zero-order chi connectivity index (χ0) is 24.4. The first-order chi connectivity index (χ1) is 16.9. The monoisotopic (exact) mass is 509 g/mol. The van der Waals surface area contributed by atoms with E-state index in [1.807, 2.05) is 54.6 Å². The third-order valence-corrected chi connectivity index (χ3v) is 9.10. The van der Waals surface area contributed by atoms with Gasteiger partial charge in [-0.1, -0.05) is 66.4 Å². The van der Waals surface area contributed by atoms with Crippen LogP contribution < -0.4 is 0 Å². The van der Waals surface area contributed by atoms with Crippen LogP contribution in [0, 0.1) is 5.82 Å². The van der Waals surface area contributed by atoms with Gasteiger partial charge in [0.25, 0.3) is 0 Å². The summed E-state index contributed by atoms with van der Waals surface area (Å²) in [4.78, 5) is 19.8. The predicted molar refractivity (Wildman–Crippen MR) is 135 cm³/mol. The van der Waals surface area contributed by atoms with Crippen molar-refractivity contribution in [3.63, 3.8) is 0 Å². The predicted octanol–water partition coefficient (Wildman–Crippen LogP) is 4.59. The highest BCUT2D eigenvalue weighted by Crippen LogP contribution is 2.32. The second-order valence-electron chi connectivity index (χ2n) is 8.39. The summed E-state index contributed by atoms with van der Waals surface area (Å²) in [6, 6.07) is 21.1. The van der Waals surface area contributed by atoms with Gasteiger partial charge in [0.15, 0.2) is 5.17 Å². The molecule has 0 radical (unpaired) electrons. The molecular formula is C26H24FN3O3S2. The van der Waals surface area contributed by atoms with E-state index in [4.69, 9.17) is 0 Å². The van der Waals surface area contributed by atoms with E-state index in [9.17, 15) is 17.6 Å². The number of rotatable bonds is 4. The van der Waals surface area contributed by atoms with Crippen LogP contribution in [0.4, 0.5) is 10.1 Å². The number of hydrogen-bond acceptors (Lipinski definition) is 5. The number of carbonyl (C=O) groups excluding carboxylic acids is 1. The summed E-state index contributed by atoms with van der Waals surface area (Å²) in [5.74, 6) is -0.362. The molecule has 1 unspecified atom stereocenters. The van der Waals surface area contributed by atoms with Gasteiger partial charge < -0.3 is 0 Å². The van der Waals surface area contributed by atoms with Crippen LogP contribution in [0.15, 0.2) is 88.8 Å². The largest absolute Gasteiger partial charge is 0.290 e. The summed E-state index contributed by atoms with van der Waals surface area (Å²) >= 11 is 1.48. The average Bonchev–Trinajstić information content (AvgIpc) is 2.88. The summed E-state index contributed by atoms with van der Waals surface area (Å²) in [6.45, 7) is 0.443. The van der Waals surface area contributed by atoms with Crippen LogP contribution in [0.25, 0.3) is 0 Å². The van der Waals surface area contributed by atoms with Crippen LogP contribution in [-0.4, -0.2) is 47.0 Å². The molecule has 0 bridgehead atoms. The van der Waals surface area contributed by atoms with Crippen molar-refractivity contribution in [2.24, 2.45) is 4.99 Å². The second kappa shape index (κ2) is 9.93. The van der Waals surface area contributed by atoms with Crippen LogP contribution in [-0.2, 0) is 27.8 Å². The Morgan fingerprint density at radius 3 is 2.40 bits per heavy atom. The summed E-state index contributed by atoms with van der Waals surface area (Å²) < 4.78 is 43.1. The third kappa shape index (κ3) is 4.76. The Morgan fingerprint density at radius 2 is 1.63 bits per heavy atom. The first-order valence-corrected chi connectivity index (χ1v) is 13.8. The molecule has 2 aliphatic rings. The van der Waals surface area contributed by atoms with Crippen molar-refractivity contribution in [2.45, 2.75) is 30.3 Å². The molecule has 1 saturated heterocycles. The van der Waals surface area contributed by atoms with E-state index in [2.05, 4.69) is 4.99 Å². The van der Waals surface area contributed by atoms with E-state index in [1.165, 1.54) is 30.0 Å². The zero-order valence-corrected chi connectivity index (χ0v) is 20.5. The molecule has 0 spiro atoms. The third-order valence-electron chi connectivity index (χ3n) is 6.15. The van der Waals surface area contributed by atoms with Gasteiger partial charge in [-0.05, 0) is 48.2 Å². The lowest BCUT2D eigenvalue weighted by molar-refractivity contribution is -0.131. The Hall–Kier alpha value is -3.01. The molecule has 2 heterocycles. The molecule has 0 N–H and O–H groups in total. The van der Waals surface area contributed by atoms with Gasteiger partial charge in [-0.3, -0.25) is 9.69 Å². The van der Waals surface area contributed by atoms with E-state index in [1.54, 1.807) is 4.90 Å². The second-order valence-corrected chi connectivity index (χ2v) is 11.3. The molecule has 3 aromatic carbocycles. The van der Waals surface area contributed by atoms with Gasteiger partial charge in [0, 0.05) is 18.8 Å². The summed E-state index contributed by atoms with van der Waals surface area (Å²) in [5, 5.41) is 0.551. The van der Waals surface area contributed by atoms with Crippen molar-refractivity contribution >= 4 is 38.5 Å². The number of carbonyl (C=O) groups is 1. The first-order valence-electron chi connectivity index (χ1n) is 11.4. The van der Waals surface area contributed by atoms with Crippen LogP contribution in [0.3, 0.4) is 0 Å². The van der Waals surface area contributed by atoms with Gasteiger partial charge in [-0.25, -0.2) is 17.8 Å². The maximum atomic E-state index is 14.6. The number of amides is 1. The van der Waals surface area contributed by atoms with E-state index in [0.29, 0.717) is 11.7 Å². The average molecular weight is 510 g/mol. The number of amidine groups is 1. The lowest BCUT2D eigenvalue weighted by Crippen LogP contribution is -2.55. The number of hydrogen-bond donors (Lipinski definition) is 0. The molecule has 35 heavy (non-hydrogen) atoms. The minimum absolute atomic E-state index is 0.00457. The first kappa shape index (κ1) is 23.7. The number of benzene rings is 3. The van der Waals surface area contributed by atoms with E-state index in [-0.39, 0.29) is 18.9 Å². The van der Waals surface area contributed by atoms with Crippen molar-refractivity contribution in [2.75, 3.05) is 12.3 Å². The highest BCUT2D eigenvalue weighted by molar-refractivity contribution is 8.13. The van der Waals surface area contributed by atoms with Crippen molar-refractivity contribution in [1.82, 2.24) is 9.21 Å². The lowest BCUT2D eigenvalue weighted by atomic mass is 9.95. The van der Waals surface area contributed by atoms with Crippen LogP contribution in [0.2, 0.25) is 0 Å². The molecule has 1 fully saturated rings. The van der Waals surface area contributed by atoms with Crippen molar-refractivity contribution in [1.29, 1.82) is 0 Å². The van der Waals surface area contributed by atoms with Crippen molar-refractivity contribution in [3.8, 4) is 0 Å². The Bertz CT molecular complexity index is 1380. The normalized spacial score (nSPS) is 20.0. The number of nitrogens with zero attached hydrogens (tertiary/aromatic N) is 3.